The minimum absolute atomic E-state index is 0.129. The molecule has 124 valence electrons. The number of H-pyrrole nitrogens is 1. The molecule has 4 nitrogen and oxygen atoms in total. The van der Waals surface area contributed by atoms with E-state index >= 15 is 0 Å². The Morgan fingerprint density at radius 1 is 1.21 bits per heavy atom. The number of ether oxygens (including phenoxy) is 1. The summed E-state index contributed by atoms with van der Waals surface area (Å²) in [7, 11) is 0. The van der Waals surface area contributed by atoms with E-state index in [4.69, 9.17) is 4.74 Å². The second kappa shape index (κ2) is 5.46. The van der Waals surface area contributed by atoms with Gasteiger partial charge < -0.3 is 0 Å². The van der Waals surface area contributed by atoms with Gasteiger partial charge in [0.25, 0.3) is 0 Å². The molecule has 1 aromatic rings. The molecule has 24 heavy (non-hydrogen) atoms. The molecule has 0 atom stereocenters. The van der Waals surface area contributed by atoms with Crippen LogP contribution in [0.2, 0.25) is 0 Å². The molecule has 1 aromatic carbocycles. The van der Waals surface area contributed by atoms with Gasteiger partial charge in [0.1, 0.15) is 0 Å². The zero-order valence-corrected chi connectivity index (χ0v) is 11.9. The van der Waals surface area contributed by atoms with E-state index in [0.29, 0.717) is 0 Å². The normalized spacial score (nSPS) is 11.8. The summed E-state index contributed by atoms with van der Waals surface area (Å²) in [6.45, 7) is 2.24. The number of rotatable bonds is 2. The van der Waals surface area contributed by atoms with E-state index in [2.05, 4.69) is 4.52 Å². The first-order valence-electron chi connectivity index (χ1n) is 6.54. The van der Waals surface area contributed by atoms with E-state index in [0.717, 1.165) is 25.0 Å². The van der Waals surface area contributed by atoms with E-state index in [1.807, 2.05) is 0 Å². The molecule has 0 amide bonds. The molecule has 0 saturated carbocycles. The number of alkyl halides is 3. The molecule has 0 aromatic heterocycles. The van der Waals surface area contributed by atoms with Crippen molar-refractivity contribution in [3.63, 3.8) is 0 Å². The third-order valence-electron chi connectivity index (χ3n) is 3.40. The van der Waals surface area contributed by atoms with E-state index in [-0.39, 0.29) is 17.1 Å². The number of aromatic amines is 1. The Morgan fingerprint density at radius 3 is 2.58 bits per heavy atom. The van der Waals surface area contributed by atoms with Gasteiger partial charge in [-0.15, -0.1) is 0 Å². The van der Waals surface area contributed by atoms with Crippen molar-refractivity contribution >= 4 is 6.91 Å². The van der Waals surface area contributed by atoms with Crippen molar-refractivity contribution < 1.29 is 31.2 Å². The Morgan fingerprint density at radius 2 is 1.92 bits per heavy atom. The minimum atomic E-state index is -4.83. The fraction of sp³-hybridized carbons (Fsp3) is 0.143. The van der Waals surface area contributed by atoms with Crippen LogP contribution in [0.1, 0.15) is 11.3 Å². The average molecular weight is 343 g/mol. The molecule has 3 rings (SSSR count). The van der Waals surface area contributed by atoms with Gasteiger partial charge in [0.15, 0.2) is 0 Å². The molecule has 0 aliphatic carbocycles. The number of fused-ring (bicyclic) bond motifs is 1. The Labute approximate surface area is 131 Å². The van der Waals surface area contributed by atoms with Gasteiger partial charge in [-0.2, -0.15) is 0 Å². The molecule has 0 fully saturated rings. The fourth-order valence-electron chi connectivity index (χ4n) is 2.24. The molecule has 0 radical (unpaired) electrons. The van der Waals surface area contributed by atoms with Crippen molar-refractivity contribution in [1.29, 1.82) is 0 Å². The first kappa shape index (κ1) is 16.2. The van der Waals surface area contributed by atoms with Crippen molar-refractivity contribution in [2.45, 2.75) is 13.1 Å². The SMILES string of the molecule is Cc1c(Oc2cbc3c(C(F)(F)F)o[nH]c(=O)c2-3)ccc(F)c1F. The second-order valence-electron chi connectivity index (χ2n) is 4.93. The molecule has 2 aliphatic heterocycles. The number of aromatic nitrogens is 1. The standard InChI is InChI=1S/C14H7BF5NO3/c1-5-7(3-2-6(16)11(5)17)23-8-4-15-10-9(8)13(22)21-24-12(10)14(18,19)20/h2-4H,1H3,(H,21,22). The van der Waals surface area contributed by atoms with Gasteiger partial charge in [-0.3, -0.25) is 0 Å². The maximum atomic E-state index is 13.5. The third-order valence-corrected chi connectivity index (χ3v) is 3.40. The third kappa shape index (κ3) is 2.57. The summed E-state index contributed by atoms with van der Waals surface area (Å²) < 4.78 is 74.9. The quantitative estimate of drug-likeness (QED) is 0.720. The van der Waals surface area contributed by atoms with Gasteiger partial charge in [-0.05, 0) is 0 Å². The van der Waals surface area contributed by atoms with Crippen molar-refractivity contribution in [3.8, 4) is 22.5 Å². The first-order chi connectivity index (χ1) is 11.2. The molecule has 0 unspecified atom stereocenters. The van der Waals surface area contributed by atoms with Gasteiger partial charge in [0.2, 0.25) is 0 Å². The Kier molecular flexibility index (Phi) is 3.69. The van der Waals surface area contributed by atoms with Crippen LogP contribution in [0.25, 0.3) is 11.0 Å². The van der Waals surface area contributed by atoms with Crippen molar-refractivity contribution in [1.82, 2.24) is 5.16 Å². The van der Waals surface area contributed by atoms with Crippen LogP contribution in [0.3, 0.4) is 0 Å². The molecular formula is C14H7BF5NO3. The van der Waals surface area contributed by atoms with Crippen LogP contribution in [0.5, 0.6) is 11.5 Å². The van der Waals surface area contributed by atoms with Crippen LogP contribution in [0.15, 0.2) is 27.4 Å². The number of benzene rings is 1. The number of hydrogen-bond donors (Lipinski definition) is 1. The summed E-state index contributed by atoms with van der Waals surface area (Å²) >= 11 is 0. The van der Waals surface area contributed by atoms with Crippen LogP contribution < -0.4 is 10.3 Å². The van der Waals surface area contributed by atoms with Gasteiger partial charge in [-0.25, -0.2) is 0 Å². The van der Waals surface area contributed by atoms with Gasteiger partial charge in [0.05, 0.1) is 0 Å². The number of hydrogen-bond acceptors (Lipinski definition) is 3. The molecule has 2 heterocycles. The molecule has 1 N–H and O–H groups in total. The van der Waals surface area contributed by atoms with E-state index in [9.17, 15) is 26.7 Å². The summed E-state index contributed by atoms with van der Waals surface area (Å²) in [5.41, 5.74) is -2.03. The van der Waals surface area contributed by atoms with Crippen LogP contribution >= 0.6 is 0 Å². The summed E-state index contributed by atoms with van der Waals surface area (Å²) in [5, 5.41) is 1.63. The Bertz CT molecular complexity index is 947. The number of nitrogens with one attached hydrogen (secondary N) is 1. The summed E-state index contributed by atoms with van der Waals surface area (Å²) in [6, 6.07) is 1.92. The van der Waals surface area contributed by atoms with Crippen molar-refractivity contribution in [2.24, 2.45) is 0 Å². The van der Waals surface area contributed by atoms with Crippen LogP contribution in [0.4, 0.5) is 22.0 Å². The zero-order chi connectivity index (χ0) is 17.6. The van der Waals surface area contributed by atoms with Crippen LogP contribution in [-0.2, 0) is 6.18 Å². The molecular weight excluding hydrogens is 336 g/mol. The zero-order valence-electron chi connectivity index (χ0n) is 11.9. The topological polar surface area (TPSA) is 55.2 Å². The predicted molar refractivity (Wildman–Crippen MR) is 73.5 cm³/mol. The van der Waals surface area contributed by atoms with Crippen molar-refractivity contribution in [2.75, 3.05) is 0 Å². The average Bonchev–Trinajstić information content (AvgIpc) is 2.91. The van der Waals surface area contributed by atoms with Gasteiger partial charge >= 0.3 is 130 Å². The molecule has 2 aliphatic rings. The van der Waals surface area contributed by atoms with E-state index in [1.54, 1.807) is 5.16 Å². The molecule has 0 bridgehead atoms. The molecule has 0 saturated heterocycles. The Balaban J connectivity index is 2.10. The summed E-state index contributed by atoms with van der Waals surface area (Å²) in [4.78, 5) is 11.8. The van der Waals surface area contributed by atoms with Crippen LogP contribution in [0, 0.1) is 18.6 Å². The summed E-state index contributed by atoms with van der Waals surface area (Å²) in [6.07, 6.45) is -4.83. The first-order valence-corrected chi connectivity index (χ1v) is 6.54. The van der Waals surface area contributed by atoms with E-state index in [1.165, 1.54) is 6.92 Å². The maximum absolute atomic E-state index is 13.5. The molecule has 10 heteroatoms. The van der Waals surface area contributed by atoms with Crippen molar-refractivity contribution in [3.05, 3.63) is 51.4 Å². The molecule has 0 spiro atoms. The van der Waals surface area contributed by atoms with E-state index < -0.39 is 40.2 Å². The second-order valence-corrected chi connectivity index (χ2v) is 4.93. The number of halogens is 5. The van der Waals surface area contributed by atoms with Gasteiger partial charge in [0, 0.05) is 0 Å². The van der Waals surface area contributed by atoms with Gasteiger partial charge in [-0.1, -0.05) is 0 Å². The Hall–Kier alpha value is -2.65. The monoisotopic (exact) mass is 343 g/mol. The van der Waals surface area contributed by atoms with Crippen LogP contribution in [-0.4, -0.2) is 12.1 Å². The predicted octanol–water partition coefficient (Wildman–Crippen LogP) is 3.81. The fourth-order valence-corrected chi connectivity index (χ4v) is 2.24. The summed E-state index contributed by atoms with van der Waals surface area (Å²) in [5.74, 6) is -2.89.